The second kappa shape index (κ2) is 8.28. The molecule has 1 fully saturated rings. The second-order valence-electron chi connectivity index (χ2n) is 6.10. The van der Waals surface area contributed by atoms with Crippen LogP contribution in [0, 0.1) is 5.82 Å². The van der Waals surface area contributed by atoms with Crippen molar-refractivity contribution in [2.45, 2.75) is 6.54 Å². The Labute approximate surface area is 152 Å². The van der Waals surface area contributed by atoms with Gasteiger partial charge in [-0.3, -0.25) is 9.69 Å². The first-order valence-corrected chi connectivity index (χ1v) is 8.67. The summed E-state index contributed by atoms with van der Waals surface area (Å²) in [6, 6.07) is 13.7. The Morgan fingerprint density at radius 1 is 1.04 bits per heavy atom. The minimum Gasteiger partial charge on any atom is -0.375 e. The van der Waals surface area contributed by atoms with Gasteiger partial charge in [-0.05, 0) is 29.8 Å². The summed E-state index contributed by atoms with van der Waals surface area (Å²) in [5, 5.41) is 0.473. The molecule has 25 heavy (non-hydrogen) atoms. The molecule has 2 aromatic rings. The Morgan fingerprint density at radius 3 is 2.40 bits per heavy atom. The van der Waals surface area contributed by atoms with Gasteiger partial charge in [-0.2, -0.15) is 0 Å². The molecule has 1 aliphatic heterocycles. The molecule has 1 saturated heterocycles. The van der Waals surface area contributed by atoms with Gasteiger partial charge in [-0.1, -0.05) is 35.9 Å². The molecule has 0 spiro atoms. The molecule has 3 rings (SSSR count). The molecule has 0 bridgehead atoms. The van der Waals surface area contributed by atoms with E-state index in [1.807, 2.05) is 24.4 Å². The summed E-state index contributed by atoms with van der Waals surface area (Å²) < 4.78 is 13.0. The average molecular weight is 359 g/mol. The summed E-state index contributed by atoms with van der Waals surface area (Å²) in [6.45, 7) is 4.33. The number of rotatable bonds is 5. The first-order chi connectivity index (χ1) is 12.1. The van der Waals surface area contributed by atoms with Crippen LogP contribution in [0.1, 0.15) is 15.9 Å². The maximum absolute atomic E-state index is 13.0. The SMILES string of the molecule is O=C(C=CN1CCN(Cc2ccc(F)cc2)CC1)c1ccccc1Cl. The lowest BCUT2D eigenvalue weighted by Crippen LogP contribution is -2.43. The van der Waals surface area contributed by atoms with Crippen molar-refractivity contribution in [2.24, 2.45) is 0 Å². The summed E-state index contributed by atoms with van der Waals surface area (Å²) in [4.78, 5) is 16.7. The predicted octanol–water partition coefficient (Wildman–Crippen LogP) is 3.99. The summed E-state index contributed by atoms with van der Waals surface area (Å²) in [7, 11) is 0. The Balaban J connectivity index is 1.50. The van der Waals surface area contributed by atoms with Crippen LogP contribution in [-0.2, 0) is 6.54 Å². The van der Waals surface area contributed by atoms with E-state index in [-0.39, 0.29) is 11.6 Å². The number of benzene rings is 2. The molecule has 0 aliphatic carbocycles. The van der Waals surface area contributed by atoms with E-state index >= 15 is 0 Å². The van der Waals surface area contributed by atoms with Crippen LogP contribution in [0.5, 0.6) is 0 Å². The zero-order chi connectivity index (χ0) is 17.6. The molecule has 0 aromatic heterocycles. The molecule has 0 saturated carbocycles. The summed E-state index contributed by atoms with van der Waals surface area (Å²) in [5.74, 6) is -0.291. The van der Waals surface area contributed by atoms with Crippen LogP contribution in [0.15, 0.2) is 60.8 Å². The molecule has 3 nitrogen and oxygen atoms in total. The Hall–Kier alpha value is -2.17. The summed E-state index contributed by atoms with van der Waals surface area (Å²) in [5.41, 5.74) is 1.63. The lowest BCUT2D eigenvalue weighted by molar-refractivity contribution is 0.104. The van der Waals surface area contributed by atoms with Crippen LogP contribution >= 0.6 is 11.6 Å². The van der Waals surface area contributed by atoms with Gasteiger partial charge >= 0.3 is 0 Å². The quantitative estimate of drug-likeness (QED) is 0.596. The van der Waals surface area contributed by atoms with Crippen LogP contribution in [0.3, 0.4) is 0 Å². The molecule has 0 N–H and O–H groups in total. The molecule has 130 valence electrons. The van der Waals surface area contributed by atoms with Gasteiger partial charge in [0.25, 0.3) is 0 Å². The van der Waals surface area contributed by atoms with Gasteiger partial charge < -0.3 is 4.90 Å². The monoisotopic (exact) mass is 358 g/mol. The lowest BCUT2D eigenvalue weighted by Gasteiger charge is -2.34. The average Bonchev–Trinajstić information content (AvgIpc) is 2.63. The van der Waals surface area contributed by atoms with E-state index in [4.69, 9.17) is 11.6 Å². The van der Waals surface area contributed by atoms with Crippen molar-refractivity contribution in [1.82, 2.24) is 9.80 Å². The third-order valence-electron chi connectivity index (χ3n) is 4.30. The van der Waals surface area contributed by atoms with Gasteiger partial charge in [-0.15, -0.1) is 0 Å². The normalized spacial score (nSPS) is 15.7. The fourth-order valence-corrected chi connectivity index (χ4v) is 3.07. The number of hydrogen-bond donors (Lipinski definition) is 0. The predicted molar refractivity (Wildman–Crippen MR) is 98.2 cm³/mol. The Morgan fingerprint density at radius 2 is 1.72 bits per heavy atom. The van der Waals surface area contributed by atoms with E-state index < -0.39 is 0 Å². The third-order valence-corrected chi connectivity index (χ3v) is 4.63. The highest BCUT2D eigenvalue weighted by atomic mass is 35.5. The topological polar surface area (TPSA) is 23.6 Å². The minimum atomic E-state index is -0.207. The van der Waals surface area contributed by atoms with Crippen LogP contribution in [0.4, 0.5) is 4.39 Å². The number of piperazine rings is 1. The standard InChI is InChI=1S/C20H20ClFN2O/c21-19-4-2-1-3-18(19)20(25)9-10-23-11-13-24(14-12-23)15-16-5-7-17(22)8-6-16/h1-10H,11-15H2. The number of allylic oxidation sites excluding steroid dienone is 1. The Bertz CT molecular complexity index is 753. The van der Waals surface area contributed by atoms with Crippen molar-refractivity contribution in [1.29, 1.82) is 0 Å². The Kier molecular flexibility index (Phi) is 5.84. The molecule has 0 atom stereocenters. The fraction of sp³-hybridized carbons (Fsp3) is 0.250. The van der Waals surface area contributed by atoms with E-state index in [0.29, 0.717) is 10.6 Å². The third kappa shape index (κ3) is 4.91. The van der Waals surface area contributed by atoms with Crippen molar-refractivity contribution < 1.29 is 9.18 Å². The molecule has 0 radical (unpaired) electrons. The number of hydrogen-bond acceptors (Lipinski definition) is 3. The summed E-state index contributed by atoms with van der Waals surface area (Å²) >= 11 is 6.05. The first-order valence-electron chi connectivity index (χ1n) is 8.30. The zero-order valence-corrected chi connectivity index (χ0v) is 14.6. The van der Waals surface area contributed by atoms with Crippen molar-refractivity contribution in [3.8, 4) is 0 Å². The van der Waals surface area contributed by atoms with Crippen LogP contribution in [0.2, 0.25) is 5.02 Å². The number of halogens is 2. The van der Waals surface area contributed by atoms with Gasteiger partial charge in [0.1, 0.15) is 5.82 Å². The molecular formula is C20H20ClFN2O. The highest BCUT2D eigenvalue weighted by Crippen LogP contribution is 2.16. The maximum atomic E-state index is 13.0. The van der Waals surface area contributed by atoms with Crippen molar-refractivity contribution in [3.05, 3.63) is 82.8 Å². The molecule has 1 heterocycles. The van der Waals surface area contributed by atoms with E-state index in [1.165, 1.54) is 12.1 Å². The fourth-order valence-electron chi connectivity index (χ4n) is 2.84. The van der Waals surface area contributed by atoms with E-state index in [0.717, 1.165) is 38.3 Å². The molecule has 1 aliphatic rings. The van der Waals surface area contributed by atoms with Gasteiger partial charge in [0.05, 0.1) is 5.02 Å². The van der Waals surface area contributed by atoms with E-state index in [2.05, 4.69) is 9.80 Å². The lowest BCUT2D eigenvalue weighted by atomic mass is 10.1. The van der Waals surface area contributed by atoms with Gasteiger partial charge in [0.15, 0.2) is 5.78 Å². The largest absolute Gasteiger partial charge is 0.375 e. The molecule has 5 heteroatoms. The smallest absolute Gasteiger partial charge is 0.188 e. The molecule has 2 aromatic carbocycles. The molecule has 0 amide bonds. The first kappa shape index (κ1) is 17.6. The van der Waals surface area contributed by atoms with E-state index in [9.17, 15) is 9.18 Å². The highest BCUT2D eigenvalue weighted by Gasteiger charge is 2.15. The number of carbonyl (C=O) groups excluding carboxylic acids is 1. The minimum absolute atomic E-state index is 0.0839. The maximum Gasteiger partial charge on any atom is 0.188 e. The number of nitrogens with zero attached hydrogens (tertiary/aromatic N) is 2. The second-order valence-corrected chi connectivity index (χ2v) is 6.51. The number of carbonyl (C=O) groups is 1. The highest BCUT2D eigenvalue weighted by molar-refractivity contribution is 6.34. The van der Waals surface area contributed by atoms with Crippen molar-refractivity contribution >= 4 is 17.4 Å². The van der Waals surface area contributed by atoms with E-state index in [1.54, 1.807) is 24.3 Å². The summed E-state index contributed by atoms with van der Waals surface area (Å²) in [6.07, 6.45) is 3.43. The molecular weight excluding hydrogens is 339 g/mol. The van der Waals surface area contributed by atoms with Crippen molar-refractivity contribution in [3.63, 3.8) is 0 Å². The van der Waals surface area contributed by atoms with Gasteiger partial charge in [0, 0.05) is 50.6 Å². The van der Waals surface area contributed by atoms with Crippen LogP contribution < -0.4 is 0 Å². The van der Waals surface area contributed by atoms with Crippen LogP contribution in [0.25, 0.3) is 0 Å². The van der Waals surface area contributed by atoms with Gasteiger partial charge in [0.2, 0.25) is 0 Å². The van der Waals surface area contributed by atoms with Crippen LogP contribution in [-0.4, -0.2) is 41.8 Å². The number of ketones is 1. The zero-order valence-electron chi connectivity index (χ0n) is 13.9. The van der Waals surface area contributed by atoms with Crippen molar-refractivity contribution in [2.75, 3.05) is 26.2 Å². The van der Waals surface area contributed by atoms with Gasteiger partial charge in [-0.25, -0.2) is 4.39 Å². The molecule has 0 unspecified atom stereocenters.